The number of aliphatic hydroxyl groups excluding tert-OH is 1. The minimum Gasteiger partial charge on any atom is -0.393 e. The zero-order valence-corrected chi connectivity index (χ0v) is 4.30. The number of fused-ring (bicyclic) bond motifs is 1. The van der Waals surface area contributed by atoms with Gasteiger partial charge in [0.2, 0.25) is 0 Å². The lowest BCUT2D eigenvalue weighted by Crippen LogP contribution is -2.00. The topological polar surface area (TPSA) is 20.2 Å². The van der Waals surface area contributed by atoms with Crippen LogP contribution in [-0.2, 0) is 0 Å². The zero-order chi connectivity index (χ0) is 4.85. The molecule has 0 amide bonds. The zero-order valence-electron chi connectivity index (χ0n) is 4.30. The summed E-state index contributed by atoms with van der Waals surface area (Å²) in [6, 6.07) is 0. The molecule has 3 atom stereocenters. The molecule has 2 rings (SSSR count). The summed E-state index contributed by atoms with van der Waals surface area (Å²) in [7, 11) is 0. The summed E-state index contributed by atoms with van der Waals surface area (Å²) < 4.78 is 0. The van der Waals surface area contributed by atoms with Gasteiger partial charge in [-0.05, 0) is 31.1 Å². The fourth-order valence-corrected chi connectivity index (χ4v) is 1.68. The molecule has 2 aliphatic rings. The van der Waals surface area contributed by atoms with E-state index in [9.17, 15) is 0 Å². The summed E-state index contributed by atoms with van der Waals surface area (Å²) >= 11 is 0. The van der Waals surface area contributed by atoms with Gasteiger partial charge in [-0.25, -0.2) is 0 Å². The Balaban J connectivity index is 2.02. The minimum atomic E-state index is 0.0729. The molecule has 0 aliphatic heterocycles. The van der Waals surface area contributed by atoms with Crippen LogP contribution in [0.4, 0.5) is 0 Å². The third kappa shape index (κ3) is 0.480. The van der Waals surface area contributed by atoms with E-state index in [-0.39, 0.29) is 6.10 Å². The Morgan fingerprint density at radius 2 is 1.57 bits per heavy atom. The predicted octanol–water partition coefficient (Wildman–Crippen LogP) is 0.777. The Morgan fingerprint density at radius 1 is 1.00 bits per heavy atom. The van der Waals surface area contributed by atoms with Crippen LogP contribution < -0.4 is 0 Å². The summed E-state index contributed by atoms with van der Waals surface area (Å²) in [5, 5.41) is 8.93. The monoisotopic (exact) mass is 98.1 g/mol. The molecule has 2 fully saturated rings. The summed E-state index contributed by atoms with van der Waals surface area (Å²) in [6.07, 6.45) is 3.69. The van der Waals surface area contributed by atoms with Gasteiger partial charge in [0, 0.05) is 0 Å². The van der Waals surface area contributed by atoms with Crippen LogP contribution in [0.25, 0.3) is 0 Å². The van der Waals surface area contributed by atoms with Gasteiger partial charge in [-0.15, -0.1) is 0 Å². The van der Waals surface area contributed by atoms with Crippen molar-refractivity contribution in [1.29, 1.82) is 0 Å². The number of aliphatic hydroxyl groups is 1. The summed E-state index contributed by atoms with van der Waals surface area (Å²) in [5.41, 5.74) is 0. The molecule has 1 nitrogen and oxygen atoms in total. The van der Waals surface area contributed by atoms with Gasteiger partial charge in [0.15, 0.2) is 0 Å². The van der Waals surface area contributed by atoms with Gasteiger partial charge in [-0.3, -0.25) is 0 Å². The highest BCUT2D eigenvalue weighted by molar-refractivity contribution is 4.95. The van der Waals surface area contributed by atoms with Crippen molar-refractivity contribution < 1.29 is 5.11 Å². The van der Waals surface area contributed by atoms with Crippen molar-refractivity contribution in [1.82, 2.24) is 0 Å². The van der Waals surface area contributed by atoms with Gasteiger partial charge in [0.25, 0.3) is 0 Å². The van der Waals surface area contributed by atoms with Crippen molar-refractivity contribution in [2.75, 3.05) is 0 Å². The molecule has 0 aromatic carbocycles. The molecule has 2 aliphatic carbocycles. The van der Waals surface area contributed by atoms with E-state index in [1.54, 1.807) is 0 Å². The van der Waals surface area contributed by atoms with Crippen molar-refractivity contribution in [3.05, 3.63) is 0 Å². The molecule has 0 radical (unpaired) electrons. The summed E-state index contributed by atoms with van der Waals surface area (Å²) in [4.78, 5) is 0. The molecule has 40 valence electrons. The van der Waals surface area contributed by atoms with Crippen molar-refractivity contribution in [2.45, 2.75) is 25.4 Å². The molecule has 1 heteroatoms. The van der Waals surface area contributed by atoms with Gasteiger partial charge in [0.05, 0.1) is 6.10 Å². The lowest BCUT2D eigenvalue weighted by atomic mass is 10.2. The Bertz CT molecular complexity index is 80.2. The number of hydrogen-bond acceptors (Lipinski definition) is 1. The normalized spacial score (nSPS) is 57.0. The van der Waals surface area contributed by atoms with E-state index in [0.717, 1.165) is 24.7 Å². The highest BCUT2D eigenvalue weighted by Gasteiger charge is 2.44. The SMILES string of the molecule is OC1CC2C[C@H]2C1. The van der Waals surface area contributed by atoms with Crippen molar-refractivity contribution in [3.63, 3.8) is 0 Å². The Hall–Kier alpha value is -0.0400. The number of rotatable bonds is 0. The molecule has 0 saturated heterocycles. The van der Waals surface area contributed by atoms with Crippen LogP contribution in [0.2, 0.25) is 0 Å². The molecule has 7 heavy (non-hydrogen) atoms. The van der Waals surface area contributed by atoms with Gasteiger partial charge < -0.3 is 5.11 Å². The van der Waals surface area contributed by atoms with E-state index >= 15 is 0 Å². The van der Waals surface area contributed by atoms with Crippen LogP contribution >= 0.6 is 0 Å². The van der Waals surface area contributed by atoms with E-state index < -0.39 is 0 Å². The first kappa shape index (κ1) is 3.90. The Kier molecular flexibility index (Phi) is 0.571. The lowest BCUT2D eigenvalue weighted by molar-refractivity contribution is 0.168. The Labute approximate surface area is 43.3 Å². The fraction of sp³-hybridized carbons (Fsp3) is 1.00. The molecule has 2 unspecified atom stereocenters. The average molecular weight is 98.1 g/mol. The van der Waals surface area contributed by atoms with Crippen LogP contribution in [0.3, 0.4) is 0 Å². The molecule has 0 aromatic heterocycles. The van der Waals surface area contributed by atoms with Crippen molar-refractivity contribution in [3.8, 4) is 0 Å². The van der Waals surface area contributed by atoms with Gasteiger partial charge >= 0.3 is 0 Å². The largest absolute Gasteiger partial charge is 0.393 e. The second kappa shape index (κ2) is 1.03. The van der Waals surface area contributed by atoms with Gasteiger partial charge in [0.1, 0.15) is 0 Å². The quantitative estimate of drug-likeness (QED) is 0.474. The first-order valence-electron chi connectivity index (χ1n) is 3.04. The van der Waals surface area contributed by atoms with Crippen LogP contribution in [-0.4, -0.2) is 11.2 Å². The second-order valence-corrected chi connectivity index (χ2v) is 2.88. The highest BCUT2D eigenvalue weighted by atomic mass is 16.3. The predicted molar refractivity (Wildman–Crippen MR) is 26.8 cm³/mol. The third-order valence-electron chi connectivity index (χ3n) is 2.22. The fourth-order valence-electron chi connectivity index (χ4n) is 1.68. The van der Waals surface area contributed by atoms with E-state index in [4.69, 9.17) is 5.11 Å². The van der Waals surface area contributed by atoms with E-state index in [0.29, 0.717) is 0 Å². The van der Waals surface area contributed by atoms with Crippen LogP contribution in [0.5, 0.6) is 0 Å². The minimum absolute atomic E-state index is 0.0729. The maximum absolute atomic E-state index is 8.93. The van der Waals surface area contributed by atoms with E-state index in [1.807, 2.05) is 0 Å². The molecule has 2 saturated carbocycles. The van der Waals surface area contributed by atoms with Crippen LogP contribution in [0.15, 0.2) is 0 Å². The second-order valence-electron chi connectivity index (χ2n) is 2.88. The van der Waals surface area contributed by atoms with Gasteiger partial charge in [-0.1, -0.05) is 0 Å². The van der Waals surface area contributed by atoms with Crippen molar-refractivity contribution >= 4 is 0 Å². The van der Waals surface area contributed by atoms with Gasteiger partial charge in [-0.2, -0.15) is 0 Å². The summed E-state index contributed by atoms with van der Waals surface area (Å²) in [6.45, 7) is 0. The molecule has 0 heterocycles. The summed E-state index contributed by atoms with van der Waals surface area (Å²) in [5.74, 6) is 1.88. The maximum Gasteiger partial charge on any atom is 0.0545 e. The van der Waals surface area contributed by atoms with Crippen LogP contribution in [0.1, 0.15) is 19.3 Å². The van der Waals surface area contributed by atoms with Crippen LogP contribution in [0, 0.1) is 11.8 Å². The highest BCUT2D eigenvalue weighted by Crippen LogP contribution is 2.51. The number of hydrogen-bond donors (Lipinski definition) is 1. The lowest BCUT2D eigenvalue weighted by Gasteiger charge is -1.98. The van der Waals surface area contributed by atoms with E-state index in [1.165, 1.54) is 6.42 Å². The molecule has 0 bridgehead atoms. The smallest absolute Gasteiger partial charge is 0.0545 e. The van der Waals surface area contributed by atoms with Crippen molar-refractivity contribution in [2.24, 2.45) is 11.8 Å². The van der Waals surface area contributed by atoms with E-state index in [2.05, 4.69) is 0 Å². The molecule has 0 aromatic rings. The first-order chi connectivity index (χ1) is 3.36. The Morgan fingerprint density at radius 3 is 1.86 bits per heavy atom. The first-order valence-corrected chi connectivity index (χ1v) is 3.04. The average Bonchev–Trinajstić information content (AvgIpc) is 2.15. The third-order valence-corrected chi connectivity index (χ3v) is 2.22. The standard InChI is InChI=1S/C6H10O/c7-6-2-4-1-5(4)3-6/h4-7H,1-3H2/t4-,5?,6?/m0/s1. The molecular weight excluding hydrogens is 88.1 g/mol. The molecule has 0 spiro atoms. The molecular formula is C6H10O. The molecule has 1 N–H and O–H groups in total. The maximum atomic E-state index is 8.93.